The summed E-state index contributed by atoms with van der Waals surface area (Å²) in [6.07, 6.45) is 5.38. The summed E-state index contributed by atoms with van der Waals surface area (Å²) in [5.41, 5.74) is 2.87. The number of aryl methyl sites for hydroxylation is 2. The first kappa shape index (κ1) is 15.2. The van der Waals surface area contributed by atoms with Gasteiger partial charge < -0.3 is 4.57 Å². The van der Waals surface area contributed by atoms with Crippen molar-refractivity contribution in [3.05, 3.63) is 88.7 Å². The van der Waals surface area contributed by atoms with Gasteiger partial charge in [-0.2, -0.15) is 0 Å². The molecule has 0 saturated carbocycles. The van der Waals surface area contributed by atoms with Gasteiger partial charge in [0.2, 0.25) is 5.56 Å². The average molecular weight is 308 g/mol. The lowest BCUT2D eigenvalue weighted by atomic mass is 10.1. The van der Waals surface area contributed by atoms with Gasteiger partial charge in [0.1, 0.15) is 5.82 Å². The average Bonchev–Trinajstić information content (AvgIpc) is 2.58. The van der Waals surface area contributed by atoms with Crippen LogP contribution in [-0.2, 0) is 13.0 Å². The van der Waals surface area contributed by atoms with Crippen LogP contribution in [0.2, 0.25) is 0 Å². The number of hydrogen-bond donors (Lipinski definition) is 0. The van der Waals surface area contributed by atoms with Crippen LogP contribution in [0.1, 0.15) is 12.0 Å². The standard InChI is InChI=1S/C19H17FN2O/c20-17-9-7-16(8-10-17)18-11-6-15(14-21-18)4-3-13-22-12-2-1-5-19(22)23/h1-2,5-12,14H,3-4,13H2. The third-order valence-corrected chi connectivity index (χ3v) is 3.73. The van der Waals surface area contributed by atoms with E-state index in [-0.39, 0.29) is 11.4 Å². The van der Waals surface area contributed by atoms with Crippen LogP contribution in [0, 0.1) is 5.82 Å². The maximum atomic E-state index is 12.9. The van der Waals surface area contributed by atoms with Crippen molar-refractivity contribution >= 4 is 0 Å². The summed E-state index contributed by atoms with van der Waals surface area (Å²) in [6, 6.07) is 15.5. The molecule has 4 heteroatoms. The first-order valence-corrected chi connectivity index (χ1v) is 7.59. The molecule has 0 atom stereocenters. The summed E-state index contributed by atoms with van der Waals surface area (Å²) in [7, 11) is 0. The van der Waals surface area contributed by atoms with E-state index in [1.807, 2.05) is 24.4 Å². The second-order valence-electron chi connectivity index (χ2n) is 5.39. The van der Waals surface area contributed by atoms with Gasteiger partial charge in [-0.1, -0.05) is 12.1 Å². The third kappa shape index (κ3) is 3.92. The zero-order chi connectivity index (χ0) is 16.1. The summed E-state index contributed by atoms with van der Waals surface area (Å²) in [5.74, 6) is -0.249. The molecular weight excluding hydrogens is 291 g/mol. The molecule has 3 aromatic rings. The topological polar surface area (TPSA) is 34.9 Å². The molecule has 2 heterocycles. The van der Waals surface area contributed by atoms with E-state index in [9.17, 15) is 9.18 Å². The Morgan fingerprint density at radius 1 is 1.00 bits per heavy atom. The normalized spacial score (nSPS) is 10.7. The van der Waals surface area contributed by atoms with Gasteiger partial charge in [0.05, 0.1) is 5.69 Å². The summed E-state index contributed by atoms with van der Waals surface area (Å²) >= 11 is 0. The largest absolute Gasteiger partial charge is 0.316 e. The van der Waals surface area contributed by atoms with E-state index in [1.165, 1.54) is 12.1 Å². The van der Waals surface area contributed by atoms with Gasteiger partial charge in [0.25, 0.3) is 0 Å². The van der Waals surface area contributed by atoms with Gasteiger partial charge in [-0.05, 0) is 54.8 Å². The van der Waals surface area contributed by atoms with Crippen LogP contribution in [-0.4, -0.2) is 9.55 Å². The Bertz CT molecular complexity index is 823. The molecule has 2 aromatic heterocycles. The number of benzene rings is 1. The van der Waals surface area contributed by atoms with Crippen LogP contribution in [0.15, 0.2) is 71.8 Å². The van der Waals surface area contributed by atoms with Gasteiger partial charge in [-0.15, -0.1) is 0 Å². The molecular formula is C19H17FN2O. The number of nitrogens with zero attached hydrogens (tertiary/aromatic N) is 2. The van der Waals surface area contributed by atoms with E-state index in [0.29, 0.717) is 6.54 Å². The zero-order valence-electron chi connectivity index (χ0n) is 12.7. The van der Waals surface area contributed by atoms with Gasteiger partial charge in [-0.25, -0.2) is 4.39 Å². The molecule has 0 saturated heterocycles. The first-order chi connectivity index (χ1) is 11.2. The highest BCUT2D eigenvalue weighted by Gasteiger charge is 2.01. The minimum atomic E-state index is -0.249. The maximum absolute atomic E-state index is 12.9. The van der Waals surface area contributed by atoms with Crippen molar-refractivity contribution in [2.75, 3.05) is 0 Å². The Morgan fingerprint density at radius 2 is 1.83 bits per heavy atom. The highest BCUT2D eigenvalue weighted by molar-refractivity contribution is 5.58. The smallest absolute Gasteiger partial charge is 0.250 e. The summed E-state index contributed by atoms with van der Waals surface area (Å²) in [6.45, 7) is 0.694. The summed E-state index contributed by atoms with van der Waals surface area (Å²) < 4.78 is 14.6. The lowest BCUT2D eigenvalue weighted by Crippen LogP contribution is -2.17. The van der Waals surface area contributed by atoms with Crippen LogP contribution in [0.5, 0.6) is 0 Å². The molecule has 3 rings (SSSR count). The van der Waals surface area contributed by atoms with E-state index in [0.717, 1.165) is 29.7 Å². The molecule has 0 N–H and O–H groups in total. The molecule has 0 bridgehead atoms. The molecule has 3 nitrogen and oxygen atoms in total. The van der Waals surface area contributed by atoms with E-state index in [2.05, 4.69) is 4.98 Å². The van der Waals surface area contributed by atoms with Crippen LogP contribution >= 0.6 is 0 Å². The van der Waals surface area contributed by atoms with Gasteiger partial charge in [0.15, 0.2) is 0 Å². The fourth-order valence-electron chi connectivity index (χ4n) is 2.46. The van der Waals surface area contributed by atoms with Crippen LogP contribution in [0.3, 0.4) is 0 Å². The van der Waals surface area contributed by atoms with E-state index >= 15 is 0 Å². The van der Waals surface area contributed by atoms with Crippen molar-refractivity contribution in [1.82, 2.24) is 9.55 Å². The lowest BCUT2D eigenvalue weighted by molar-refractivity contribution is 0.622. The zero-order valence-corrected chi connectivity index (χ0v) is 12.7. The Balaban J connectivity index is 1.60. The molecule has 0 aliphatic rings. The Kier molecular flexibility index (Phi) is 4.62. The quantitative estimate of drug-likeness (QED) is 0.720. The summed E-state index contributed by atoms with van der Waals surface area (Å²) in [4.78, 5) is 16.0. The third-order valence-electron chi connectivity index (χ3n) is 3.73. The molecule has 0 unspecified atom stereocenters. The number of rotatable bonds is 5. The molecule has 0 spiro atoms. The fraction of sp³-hybridized carbons (Fsp3) is 0.158. The van der Waals surface area contributed by atoms with Gasteiger partial charge in [-0.3, -0.25) is 9.78 Å². The Hall–Kier alpha value is -2.75. The minimum Gasteiger partial charge on any atom is -0.316 e. The number of pyridine rings is 2. The van der Waals surface area contributed by atoms with E-state index in [1.54, 1.807) is 35.0 Å². The van der Waals surface area contributed by atoms with Crippen LogP contribution in [0.25, 0.3) is 11.3 Å². The molecule has 23 heavy (non-hydrogen) atoms. The predicted octanol–water partition coefficient (Wildman–Crippen LogP) is 3.68. The molecule has 0 radical (unpaired) electrons. The van der Waals surface area contributed by atoms with E-state index < -0.39 is 0 Å². The Labute approximate surface area is 134 Å². The number of hydrogen-bond acceptors (Lipinski definition) is 2. The van der Waals surface area contributed by atoms with Gasteiger partial charge >= 0.3 is 0 Å². The van der Waals surface area contributed by atoms with Crippen molar-refractivity contribution in [3.8, 4) is 11.3 Å². The predicted molar refractivity (Wildman–Crippen MR) is 88.7 cm³/mol. The molecule has 1 aromatic carbocycles. The van der Waals surface area contributed by atoms with Crippen molar-refractivity contribution in [2.24, 2.45) is 0 Å². The monoisotopic (exact) mass is 308 g/mol. The van der Waals surface area contributed by atoms with Crippen molar-refractivity contribution < 1.29 is 4.39 Å². The SMILES string of the molecule is O=c1ccccn1CCCc1ccc(-c2ccc(F)cc2)nc1. The van der Waals surface area contributed by atoms with Crippen molar-refractivity contribution in [1.29, 1.82) is 0 Å². The molecule has 116 valence electrons. The molecule has 0 aliphatic carbocycles. The lowest BCUT2D eigenvalue weighted by Gasteiger charge is -2.06. The van der Waals surface area contributed by atoms with Gasteiger partial charge in [0, 0.05) is 30.6 Å². The van der Waals surface area contributed by atoms with Crippen molar-refractivity contribution in [3.63, 3.8) is 0 Å². The summed E-state index contributed by atoms with van der Waals surface area (Å²) in [5, 5.41) is 0. The molecule has 0 aliphatic heterocycles. The number of aromatic nitrogens is 2. The fourth-order valence-corrected chi connectivity index (χ4v) is 2.46. The van der Waals surface area contributed by atoms with Crippen molar-refractivity contribution in [2.45, 2.75) is 19.4 Å². The molecule has 0 fully saturated rings. The minimum absolute atomic E-state index is 0.0253. The van der Waals surface area contributed by atoms with E-state index in [4.69, 9.17) is 0 Å². The number of halogens is 1. The van der Waals surface area contributed by atoms with Crippen LogP contribution in [0.4, 0.5) is 4.39 Å². The highest BCUT2D eigenvalue weighted by Crippen LogP contribution is 2.17. The Morgan fingerprint density at radius 3 is 2.52 bits per heavy atom. The second-order valence-corrected chi connectivity index (χ2v) is 5.39. The highest BCUT2D eigenvalue weighted by atomic mass is 19.1. The molecule has 0 amide bonds. The first-order valence-electron chi connectivity index (χ1n) is 7.59. The second kappa shape index (κ2) is 7.01. The van der Waals surface area contributed by atoms with Crippen LogP contribution < -0.4 is 5.56 Å². The maximum Gasteiger partial charge on any atom is 0.250 e.